The fourth-order valence-corrected chi connectivity index (χ4v) is 7.74. The number of phenolic OH excluding ortho intramolecular Hbond substituents is 1. The number of benzene rings is 1. The van der Waals surface area contributed by atoms with Crippen LogP contribution in [0.25, 0.3) is 0 Å². The summed E-state index contributed by atoms with van der Waals surface area (Å²) >= 11 is 17.3. The Morgan fingerprint density at radius 1 is 1.06 bits per heavy atom. The van der Waals surface area contributed by atoms with E-state index in [1.165, 1.54) is 6.07 Å². The molecule has 36 heavy (non-hydrogen) atoms. The van der Waals surface area contributed by atoms with E-state index in [9.17, 15) is 29.1 Å². The average Bonchev–Trinajstić information content (AvgIpc) is 3.16. The number of para-hydroxylation sites is 1. The lowest BCUT2D eigenvalue weighted by Crippen LogP contribution is -2.60. The number of carbonyl (C=O) groups is 5. The molecule has 2 aliphatic heterocycles. The van der Waals surface area contributed by atoms with Crippen LogP contribution in [0.5, 0.6) is 5.75 Å². The number of hydrogen-bond donors (Lipinski definition) is 2. The number of carbonyl (C=O) groups excluding carboxylic acids is 4. The molecule has 1 aromatic rings. The highest BCUT2D eigenvalue weighted by Gasteiger charge is 2.76. The third-order valence-electron chi connectivity index (χ3n) is 7.90. The fraction of sp³-hybridized carbons (Fsp3) is 0.458. The molecule has 190 valence electrons. The van der Waals surface area contributed by atoms with Crippen LogP contribution in [0.2, 0.25) is 0 Å². The van der Waals surface area contributed by atoms with Gasteiger partial charge in [-0.3, -0.25) is 33.8 Å². The number of halogens is 3. The molecule has 0 radical (unpaired) electrons. The summed E-state index contributed by atoms with van der Waals surface area (Å²) in [5.41, 5.74) is 0.698. The minimum atomic E-state index is -1.98. The molecule has 2 heterocycles. The van der Waals surface area contributed by atoms with Crippen molar-refractivity contribution in [2.24, 2.45) is 17.8 Å². The van der Waals surface area contributed by atoms with E-state index in [0.29, 0.717) is 5.57 Å². The first-order valence-corrected chi connectivity index (χ1v) is 13.2. The van der Waals surface area contributed by atoms with Crippen molar-refractivity contribution in [1.29, 1.82) is 0 Å². The van der Waals surface area contributed by atoms with Crippen molar-refractivity contribution in [3.8, 4) is 5.75 Å². The molecular weight excluding hydrogens is 579 g/mol. The molecule has 0 unspecified atom stereocenters. The van der Waals surface area contributed by atoms with Crippen molar-refractivity contribution >= 4 is 68.7 Å². The van der Waals surface area contributed by atoms with Gasteiger partial charge in [0.2, 0.25) is 11.8 Å². The van der Waals surface area contributed by atoms with Crippen molar-refractivity contribution in [2.45, 2.75) is 34.9 Å². The molecule has 2 saturated heterocycles. The van der Waals surface area contributed by atoms with Crippen molar-refractivity contribution in [1.82, 2.24) is 9.80 Å². The SMILES string of the molecule is O=C(O)CCN1C(=O)[C@H]2[C@H](CC=C3[C@H]2C[C@@]2(Cl)C(=O)N(CBr)C(=O)[C@@]2(Cl)[C@H]3c2ccccc2O)C1=O. The van der Waals surface area contributed by atoms with E-state index >= 15 is 0 Å². The van der Waals surface area contributed by atoms with Gasteiger partial charge in [0.1, 0.15) is 5.75 Å². The number of allylic oxidation sites excluding steroid dienone is 2. The number of aromatic hydroxyl groups is 1. The first-order chi connectivity index (χ1) is 17.0. The number of imide groups is 2. The molecule has 12 heteroatoms. The molecule has 2 aliphatic carbocycles. The molecule has 6 atom stereocenters. The van der Waals surface area contributed by atoms with Crippen LogP contribution in [0.4, 0.5) is 0 Å². The zero-order chi connectivity index (χ0) is 26.2. The third kappa shape index (κ3) is 3.16. The average molecular weight is 600 g/mol. The van der Waals surface area contributed by atoms with Gasteiger partial charge in [0.25, 0.3) is 11.8 Å². The number of carboxylic acid groups (broad SMARTS) is 1. The van der Waals surface area contributed by atoms with Gasteiger partial charge in [-0.15, -0.1) is 23.2 Å². The number of amides is 4. The lowest BCUT2D eigenvalue weighted by molar-refractivity contribution is -0.143. The van der Waals surface area contributed by atoms with Gasteiger partial charge >= 0.3 is 5.97 Å². The van der Waals surface area contributed by atoms with Gasteiger partial charge in [-0.05, 0) is 24.8 Å². The number of rotatable bonds is 5. The minimum Gasteiger partial charge on any atom is -0.508 e. The van der Waals surface area contributed by atoms with Crippen LogP contribution < -0.4 is 0 Å². The van der Waals surface area contributed by atoms with Gasteiger partial charge in [-0.2, -0.15) is 0 Å². The Morgan fingerprint density at radius 2 is 1.75 bits per heavy atom. The van der Waals surface area contributed by atoms with Crippen molar-refractivity contribution < 1.29 is 34.2 Å². The highest BCUT2D eigenvalue weighted by molar-refractivity contribution is 9.09. The molecule has 0 bridgehead atoms. The van der Waals surface area contributed by atoms with Crippen LogP contribution in [0.3, 0.4) is 0 Å². The summed E-state index contributed by atoms with van der Waals surface area (Å²) in [6.07, 6.45) is 1.36. The van der Waals surface area contributed by atoms with Gasteiger partial charge in [0.15, 0.2) is 9.75 Å². The number of aliphatic carboxylic acids is 1. The van der Waals surface area contributed by atoms with E-state index in [1.807, 2.05) is 0 Å². The number of hydrogen-bond acceptors (Lipinski definition) is 6. The molecule has 2 N–H and O–H groups in total. The second-order valence-electron chi connectivity index (χ2n) is 9.52. The molecule has 4 amide bonds. The maximum absolute atomic E-state index is 13.6. The molecule has 0 spiro atoms. The smallest absolute Gasteiger partial charge is 0.305 e. The molecule has 0 aromatic heterocycles. The molecule has 3 fully saturated rings. The van der Waals surface area contributed by atoms with Crippen molar-refractivity contribution in [3.05, 3.63) is 41.5 Å². The third-order valence-corrected chi connectivity index (χ3v) is 9.82. The number of carboxylic acids is 1. The highest BCUT2D eigenvalue weighted by atomic mass is 79.9. The number of nitrogens with zero attached hydrogens (tertiary/aromatic N) is 2. The normalized spacial score (nSPS) is 35.5. The van der Waals surface area contributed by atoms with Gasteiger partial charge < -0.3 is 10.2 Å². The summed E-state index contributed by atoms with van der Waals surface area (Å²) in [7, 11) is 0. The lowest BCUT2D eigenvalue weighted by Gasteiger charge is -2.50. The maximum atomic E-state index is 13.6. The zero-order valence-corrected chi connectivity index (χ0v) is 21.8. The van der Waals surface area contributed by atoms with Crippen LogP contribution in [-0.4, -0.2) is 71.4 Å². The Kier molecular flexibility index (Phi) is 6.00. The Balaban J connectivity index is 1.67. The number of alkyl halides is 3. The van der Waals surface area contributed by atoms with E-state index in [4.69, 9.17) is 28.3 Å². The summed E-state index contributed by atoms with van der Waals surface area (Å²) in [4.78, 5) is 62.6. The van der Waals surface area contributed by atoms with Crippen molar-refractivity contribution in [3.63, 3.8) is 0 Å². The van der Waals surface area contributed by atoms with E-state index in [2.05, 4.69) is 15.9 Å². The van der Waals surface area contributed by atoms with E-state index < -0.39 is 63.0 Å². The Labute approximate surface area is 224 Å². The Hall–Kier alpha value is -2.43. The molecule has 9 nitrogen and oxygen atoms in total. The van der Waals surface area contributed by atoms with E-state index in [0.717, 1.165) is 9.80 Å². The summed E-state index contributed by atoms with van der Waals surface area (Å²) in [5.74, 6) is -7.14. The molecule has 1 saturated carbocycles. The monoisotopic (exact) mass is 598 g/mol. The maximum Gasteiger partial charge on any atom is 0.305 e. The zero-order valence-electron chi connectivity index (χ0n) is 18.7. The highest BCUT2D eigenvalue weighted by Crippen LogP contribution is 2.66. The lowest BCUT2D eigenvalue weighted by atomic mass is 9.56. The van der Waals surface area contributed by atoms with E-state index in [-0.39, 0.29) is 42.6 Å². The van der Waals surface area contributed by atoms with Gasteiger partial charge in [0.05, 0.1) is 23.7 Å². The second kappa shape index (κ2) is 8.56. The predicted molar refractivity (Wildman–Crippen MR) is 130 cm³/mol. The van der Waals surface area contributed by atoms with Crippen LogP contribution in [-0.2, 0) is 24.0 Å². The van der Waals surface area contributed by atoms with Gasteiger partial charge in [-0.25, -0.2) is 0 Å². The molecule has 1 aromatic carbocycles. The van der Waals surface area contributed by atoms with Crippen LogP contribution in [0, 0.1) is 17.8 Å². The van der Waals surface area contributed by atoms with Crippen molar-refractivity contribution in [2.75, 3.05) is 12.0 Å². The van der Waals surface area contributed by atoms with Crippen LogP contribution >= 0.6 is 39.1 Å². The number of likely N-dealkylation sites (tertiary alicyclic amines) is 2. The van der Waals surface area contributed by atoms with Gasteiger partial charge in [0, 0.05) is 18.0 Å². The first-order valence-electron chi connectivity index (χ1n) is 11.3. The molecule has 4 aliphatic rings. The number of fused-ring (bicyclic) bond motifs is 4. The summed E-state index contributed by atoms with van der Waals surface area (Å²) < 4.78 is 0. The summed E-state index contributed by atoms with van der Waals surface area (Å²) in [6.45, 7) is -0.259. The quantitative estimate of drug-likeness (QED) is 0.230. The Bertz CT molecular complexity index is 1250. The second-order valence-corrected chi connectivity index (χ2v) is 11.3. The standard InChI is InChI=1S/C24H21BrCl2N2O7/c25-10-29-21(35)23(26)9-14-11(18(24(23,27)22(29)36)12-3-1-2-4-15(12)30)5-6-13-17(14)20(34)28(19(13)33)8-7-16(31)32/h1-5,13-14,17-18,30H,6-10H2,(H,31,32)/t13-,14+,17-,18+,23+,24-/m0/s1. The first kappa shape index (κ1) is 25.2. The minimum absolute atomic E-state index is 0.142. The summed E-state index contributed by atoms with van der Waals surface area (Å²) in [5, 5.41) is 19.8. The predicted octanol–water partition coefficient (Wildman–Crippen LogP) is 2.58. The fourth-order valence-electron chi connectivity index (χ4n) is 6.32. The van der Waals surface area contributed by atoms with E-state index in [1.54, 1.807) is 24.3 Å². The van der Waals surface area contributed by atoms with Crippen LogP contribution in [0.15, 0.2) is 35.9 Å². The largest absolute Gasteiger partial charge is 0.508 e. The Morgan fingerprint density at radius 3 is 2.39 bits per heavy atom. The van der Waals surface area contributed by atoms with Gasteiger partial charge in [-0.1, -0.05) is 45.8 Å². The summed E-state index contributed by atoms with van der Waals surface area (Å²) in [6, 6.07) is 6.28. The topological polar surface area (TPSA) is 132 Å². The molecule has 5 rings (SSSR count). The molecular formula is C24H21BrCl2N2O7. The van der Waals surface area contributed by atoms with Crippen LogP contribution in [0.1, 0.15) is 30.7 Å². The number of phenols is 1.